The molecule has 4 nitrogen and oxygen atoms in total. The fraction of sp³-hybridized carbons (Fsp3) is 0.222. The molecule has 0 bridgehead atoms. The van der Waals surface area contributed by atoms with Gasteiger partial charge in [-0.25, -0.2) is 0 Å². The summed E-state index contributed by atoms with van der Waals surface area (Å²) < 4.78 is 0. The molecule has 1 atom stereocenters. The van der Waals surface area contributed by atoms with Gasteiger partial charge in [-0.2, -0.15) is 5.26 Å². The van der Waals surface area contributed by atoms with Crippen molar-refractivity contribution in [1.82, 2.24) is 5.32 Å². The van der Waals surface area contributed by atoms with Gasteiger partial charge in [0, 0.05) is 21.9 Å². The SMILES string of the molecule is CC(O)CCNC(=O)c1ccc(Sc2ccccc2C#N)cc1. The minimum atomic E-state index is -0.422. The van der Waals surface area contributed by atoms with Crippen molar-refractivity contribution in [2.75, 3.05) is 6.54 Å². The maximum absolute atomic E-state index is 12.0. The van der Waals surface area contributed by atoms with Gasteiger partial charge in [-0.1, -0.05) is 23.9 Å². The average Bonchev–Trinajstić information content (AvgIpc) is 2.55. The van der Waals surface area contributed by atoms with Crippen LogP contribution in [0.5, 0.6) is 0 Å². The van der Waals surface area contributed by atoms with Crippen LogP contribution in [0.4, 0.5) is 0 Å². The van der Waals surface area contributed by atoms with Gasteiger partial charge >= 0.3 is 0 Å². The summed E-state index contributed by atoms with van der Waals surface area (Å²) in [7, 11) is 0. The minimum Gasteiger partial charge on any atom is -0.393 e. The molecule has 0 fully saturated rings. The number of carbonyl (C=O) groups is 1. The molecular weight excluding hydrogens is 308 g/mol. The lowest BCUT2D eigenvalue weighted by Crippen LogP contribution is -2.26. The summed E-state index contributed by atoms with van der Waals surface area (Å²) in [6, 6.07) is 16.8. The van der Waals surface area contributed by atoms with Gasteiger partial charge in [-0.05, 0) is 49.7 Å². The molecule has 2 aromatic rings. The van der Waals surface area contributed by atoms with Crippen molar-refractivity contribution < 1.29 is 9.90 Å². The van der Waals surface area contributed by atoms with Crippen LogP contribution in [-0.4, -0.2) is 23.7 Å². The number of aliphatic hydroxyl groups excluding tert-OH is 1. The number of nitrogens with one attached hydrogen (secondary N) is 1. The van der Waals surface area contributed by atoms with Gasteiger partial charge in [0.25, 0.3) is 5.91 Å². The first-order valence-corrected chi connectivity index (χ1v) is 8.15. The van der Waals surface area contributed by atoms with Gasteiger partial charge in [0.2, 0.25) is 0 Å². The first-order valence-electron chi connectivity index (χ1n) is 7.33. The van der Waals surface area contributed by atoms with Crippen LogP contribution in [0.3, 0.4) is 0 Å². The zero-order chi connectivity index (χ0) is 16.7. The minimum absolute atomic E-state index is 0.153. The zero-order valence-electron chi connectivity index (χ0n) is 12.8. The molecule has 0 aliphatic heterocycles. The molecule has 118 valence electrons. The Morgan fingerprint density at radius 2 is 1.96 bits per heavy atom. The summed E-state index contributed by atoms with van der Waals surface area (Å²) in [6.45, 7) is 2.14. The van der Waals surface area contributed by atoms with Crippen molar-refractivity contribution in [1.29, 1.82) is 5.26 Å². The monoisotopic (exact) mass is 326 g/mol. The second-order valence-electron chi connectivity index (χ2n) is 5.13. The summed E-state index contributed by atoms with van der Waals surface area (Å²) in [5.41, 5.74) is 1.21. The van der Waals surface area contributed by atoms with Crippen LogP contribution in [0, 0.1) is 11.3 Å². The highest BCUT2D eigenvalue weighted by atomic mass is 32.2. The maximum atomic E-state index is 12.0. The lowest BCUT2D eigenvalue weighted by Gasteiger charge is -2.08. The van der Waals surface area contributed by atoms with Crippen LogP contribution in [0.25, 0.3) is 0 Å². The van der Waals surface area contributed by atoms with Gasteiger partial charge in [-0.3, -0.25) is 4.79 Å². The molecule has 0 spiro atoms. The molecule has 0 saturated heterocycles. The molecule has 0 aliphatic carbocycles. The van der Waals surface area contributed by atoms with Gasteiger partial charge in [0.05, 0.1) is 11.7 Å². The van der Waals surface area contributed by atoms with Crippen LogP contribution in [0.1, 0.15) is 29.3 Å². The van der Waals surface area contributed by atoms with Crippen LogP contribution < -0.4 is 5.32 Å². The van der Waals surface area contributed by atoms with E-state index >= 15 is 0 Å². The van der Waals surface area contributed by atoms with Crippen molar-refractivity contribution in [2.24, 2.45) is 0 Å². The second kappa shape index (κ2) is 8.37. The molecule has 1 amide bonds. The van der Waals surface area contributed by atoms with Crippen LogP contribution >= 0.6 is 11.8 Å². The van der Waals surface area contributed by atoms with Gasteiger partial charge < -0.3 is 10.4 Å². The molecule has 0 aliphatic rings. The summed E-state index contributed by atoms with van der Waals surface area (Å²) in [4.78, 5) is 13.8. The molecule has 1 unspecified atom stereocenters. The van der Waals surface area contributed by atoms with Crippen LogP contribution in [-0.2, 0) is 0 Å². The van der Waals surface area contributed by atoms with Crippen molar-refractivity contribution in [3.63, 3.8) is 0 Å². The Morgan fingerprint density at radius 3 is 2.61 bits per heavy atom. The Bertz CT molecular complexity index is 706. The normalized spacial score (nSPS) is 11.5. The van der Waals surface area contributed by atoms with E-state index in [-0.39, 0.29) is 5.91 Å². The number of nitriles is 1. The Morgan fingerprint density at radius 1 is 1.26 bits per heavy atom. The van der Waals surface area contributed by atoms with E-state index in [1.54, 1.807) is 25.1 Å². The summed E-state index contributed by atoms with van der Waals surface area (Å²) in [5.74, 6) is -0.153. The fourth-order valence-corrected chi connectivity index (χ4v) is 2.84. The summed E-state index contributed by atoms with van der Waals surface area (Å²) in [5, 5.41) is 21.0. The number of amides is 1. The number of aliphatic hydroxyl groups is 1. The Labute approximate surface area is 140 Å². The number of benzene rings is 2. The van der Waals surface area contributed by atoms with Crippen LogP contribution in [0.2, 0.25) is 0 Å². The van der Waals surface area contributed by atoms with Crippen LogP contribution in [0.15, 0.2) is 58.3 Å². The third-order valence-corrected chi connectivity index (χ3v) is 4.28. The Balaban J connectivity index is 1.99. The molecule has 2 N–H and O–H groups in total. The van der Waals surface area contributed by atoms with E-state index in [0.29, 0.717) is 24.1 Å². The van der Waals surface area contributed by atoms with Crippen molar-refractivity contribution in [3.8, 4) is 6.07 Å². The lowest BCUT2D eigenvalue weighted by molar-refractivity contribution is 0.0945. The molecule has 2 aromatic carbocycles. The quantitative estimate of drug-likeness (QED) is 0.855. The highest BCUT2D eigenvalue weighted by molar-refractivity contribution is 7.99. The van der Waals surface area contributed by atoms with E-state index < -0.39 is 6.10 Å². The molecule has 2 rings (SSSR count). The first kappa shape index (κ1) is 17.1. The van der Waals surface area contributed by atoms with Gasteiger partial charge in [0.1, 0.15) is 6.07 Å². The third kappa shape index (κ3) is 5.13. The number of carbonyl (C=O) groups excluding carboxylic acids is 1. The van der Waals surface area contributed by atoms with E-state index in [9.17, 15) is 9.90 Å². The summed E-state index contributed by atoms with van der Waals surface area (Å²) >= 11 is 1.49. The highest BCUT2D eigenvalue weighted by Crippen LogP contribution is 2.30. The van der Waals surface area contributed by atoms with Crippen molar-refractivity contribution in [3.05, 3.63) is 59.7 Å². The molecule has 0 heterocycles. The average molecular weight is 326 g/mol. The molecule has 23 heavy (non-hydrogen) atoms. The number of rotatable bonds is 6. The fourth-order valence-electron chi connectivity index (χ4n) is 1.95. The van der Waals surface area contributed by atoms with Crippen molar-refractivity contribution in [2.45, 2.75) is 29.2 Å². The largest absolute Gasteiger partial charge is 0.393 e. The summed E-state index contributed by atoms with van der Waals surface area (Å²) in [6.07, 6.45) is 0.110. The molecule has 0 aromatic heterocycles. The van der Waals surface area contributed by atoms with E-state index in [1.165, 1.54) is 11.8 Å². The second-order valence-corrected chi connectivity index (χ2v) is 6.24. The van der Waals surface area contributed by atoms with Crippen molar-refractivity contribution >= 4 is 17.7 Å². The molecule has 0 saturated carbocycles. The van der Waals surface area contributed by atoms with Gasteiger partial charge in [0.15, 0.2) is 0 Å². The standard InChI is InChI=1S/C18H18N2O2S/c1-13(21)10-11-20-18(22)14-6-8-16(9-7-14)23-17-5-3-2-4-15(17)12-19/h2-9,13,21H,10-11H2,1H3,(H,20,22). The Kier molecular flexibility index (Phi) is 6.21. The predicted octanol–water partition coefficient (Wildman–Crippen LogP) is 3.21. The first-order chi connectivity index (χ1) is 11.1. The maximum Gasteiger partial charge on any atom is 0.251 e. The highest BCUT2D eigenvalue weighted by Gasteiger charge is 2.07. The topological polar surface area (TPSA) is 73.1 Å². The van der Waals surface area contributed by atoms with E-state index in [1.807, 2.05) is 30.3 Å². The van der Waals surface area contributed by atoms with E-state index in [0.717, 1.165) is 9.79 Å². The molecule has 5 heteroatoms. The number of nitrogens with zero attached hydrogens (tertiary/aromatic N) is 1. The van der Waals surface area contributed by atoms with Gasteiger partial charge in [-0.15, -0.1) is 0 Å². The molecular formula is C18H18N2O2S. The lowest BCUT2D eigenvalue weighted by atomic mass is 10.2. The number of hydrogen-bond donors (Lipinski definition) is 2. The van der Waals surface area contributed by atoms with E-state index in [4.69, 9.17) is 5.26 Å². The third-order valence-electron chi connectivity index (χ3n) is 3.20. The number of hydrogen-bond acceptors (Lipinski definition) is 4. The van der Waals surface area contributed by atoms with E-state index in [2.05, 4.69) is 11.4 Å². The Hall–Kier alpha value is -2.29. The smallest absolute Gasteiger partial charge is 0.251 e. The zero-order valence-corrected chi connectivity index (χ0v) is 13.6. The predicted molar refractivity (Wildman–Crippen MR) is 90.4 cm³/mol. The molecule has 0 radical (unpaired) electrons.